The molecule has 72 valence electrons. The first-order chi connectivity index (χ1) is 6.86. The molecule has 0 saturated heterocycles. The number of hydrogen-bond acceptors (Lipinski definition) is 4. The normalized spacial score (nSPS) is 10.0. The third-order valence-corrected chi connectivity index (χ3v) is 1.44. The Morgan fingerprint density at radius 2 is 2.21 bits per heavy atom. The summed E-state index contributed by atoms with van der Waals surface area (Å²) in [4.78, 5) is 7.96. The Labute approximate surface area is 82.9 Å². The molecule has 0 N–H and O–H groups in total. The van der Waals surface area contributed by atoms with Crippen molar-refractivity contribution in [3.05, 3.63) is 24.0 Å². The molecule has 1 aromatic heterocycles. The van der Waals surface area contributed by atoms with E-state index >= 15 is 0 Å². The van der Waals surface area contributed by atoms with Gasteiger partial charge in [-0.2, -0.15) is 5.26 Å². The lowest BCUT2D eigenvalue weighted by Crippen LogP contribution is -1.96. The molecule has 0 spiro atoms. The van der Waals surface area contributed by atoms with Crippen LogP contribution in [0.2, 0.25) is 0 Å². The lowest BCUT2D eigenvalue weighted by molar-refractivity contribution is 0.312. The minimum atomic E-state index is 0.380. The second-order valence-electron chi connectivity index (χ2n) is 2.50. The van der Waals surface area contributed by atoms with Gasteiger partial charge in [0.1, 0.15) is 0 Å². The molecule has 0 amide bonds. The van der Waals surface area contributed by atoms with Crippen LogP contribution in [0.4, 0.5) is 0 Å². The predicted molar refractivity (Wildman–Crippen MR) is 52.5 cm³/mol. The van der Waals surface area contributed by atoms with E-state index in [1.54, 1.807) is 24.5 Å². The van der Waals surface area contributed by atoms with Crippen molar-refractivity contribution in [2.45, 2.75) is 13.3 Å². The predicted octanol–water partition coefficient (Wildman–Crippen LogP) is 1.80. The van der Waals surface area contributed by atoms with E-state index in [4.69, 9.17) is 10.00 Å². The van der Waals surface area contributed by atoms with Gasteiger partial charge in [-0.25, -0.2) is 9.97 Å². The Morgan fingerprint density at radius 1 is 1.50 bits per heavy atom. The van der Waals surface area contributed by atoms with Gasteiger partial charge in [0.15, 0.2) is 0 Å². The molecule has 0 radical (unpaired) electrons. The Hall–Kier alpha value is -1.89. The maximum atomic E-state index is 8.31. The van der Waals surface area contributed by atoms with Crippen LogP contribution >= 0.6 is 0 Å². The van der Waals surface area contributed by atoms with Crippen molar-refractivity contribution in [2.75, 3.05) is 6.61 Å². The Morgan fingerprint density at radius 3 is 2.79 bits per heavy atom. The summed E-state index contributed by atoms with van der Waals surface area (Å²) < 4.78 is 5.09. The average molecular weight is 189 g/mol. The molecule has 0 atom stereocenters. The van der Waals surface area contributed by atoms with Gasteiger partial charge in [0.05, 0.1) is 19.1 Å². The van der Waals surface area contributed by atoms with Crippen LogP contribution in [0.25, 0.3) is 6.08 Å². The largest absolute Gasteiger partial charge is 0.464 e. The molecule has 14 heavy (non-hydrogen) atoms. The zero-order valence-corrected chi connectivity index (χ0v) is 7.97. The number of aromatic nitrogens is 2. The molecule has 0 saturated carbocycles. The van der Waals surface area contributed by atoms with Crippen LogP contribution in [-0.4, -0.2) is 16.6 Å². The van der Waals surface area contributed by atoms with Crippen molar-refractivity contribution in [3.63, 3.8) is 0 Å². The molecule has 1 aromatic rings. The highest BCUT2D eigenvalue weighted by molar-refractivity contribution is 5.46. The molecule has 0 aliphatic heterocycles. The van der Waals surface area contributed by atoms with Gasteiger partial charge in [0.2, 0.25) is 0 Å². The lowest BCUT2D eigenvalue weighted by Gasteiger charge is -1.99. The van der Waals surface area contributed by atoms with Crippen LogP contribution in [-0.2, 0) is 0 Å². The minimum Gasteiger partial charge on any atom is -0.464 e. The summed E-state index contributed by atoms with van der Waals surface area (Å²) in [5.41, 5.74) is 0.865. The Bertz CT molecular complexity index is 337. The zero-order valence-electron chi connectivity index (χ0n) is 7.97. The SMILES string of the molecule is CCOc1ncc(C=CCC#N)cn1. The van der Waals surface area contributed by atoms with Crippen molar-refractivity contribution in [3.8, 4) is 12.1 Å². The topological polar surface area (TPSA) is 58.8 Å². The number of nitriles is 1. The van der Waals surface area contributed by atoms with E-state index in [0.717, 1.165) is 5.56 Å². The fourth-order valence-corrected chi connectivity index (χ4v) is 0.864. The molecule has 0 fully saturated rings. The maximum absolute atomic E-state index is 8.31. The van der Waals surface area contributed by atoms with Crippen molar-refractivity contribution in [1.82, 2.24) is 9.97 Å². The van der Waals surface area contributed by atoms with Crippen LogP contribution < -0.4 is 4.74 Å². The van der Waals surface area contributed by atoms with E-state index in [2.05, 4.69) is 9.97 Å². The first-order valence-electron chi connectivity index (χ1n) is 4.35. The van der Waals surface area contributed by atoms with Gasteiger partial charge in [-0.3, -0.25) is 0 Å². The van der Waals surface area contributed by atoms with Crippen molar-refractivity contribution < 1.29 is 4.74 Å². The van der Waals surface area contributed by atoms with E-state index in [0.29, 0.717) is 19.0 Å². The second-order valence-corrected chi connectivity index (χ2v) is 2.50. The van der Waals surface area contributed by atoms with Gasteiger partial charge in [-0.15, -0.1) is 0 Å². The smallest absolute Gasteiger partial charge is 0.316 e. The summed E-state index contributed by atoms with van der Waals surface area (Å²) in [6.07, 6.45) is 7.28. The summed E-state index contributed by atoms with van der Waals surface area (Å²) in [6, 6.07) is 2.40. The van der Waals surface area contributed by atoms with Gasteiger partial charge in [-0.05, 0) is 6.92 Å². The van der Waals surface area contributed by atoms with E-state index in [9.17, 15) is 0 Å². The fourth-order valence-electron chi connectivity index (χ4n) is 0.864. The summed E-state index contributed by atoms with van der Waals surface area (Å²) in [6.45, 7) is 2.44. The van der Waals surface area contributed by atoms with Gasteiger partial charge in [-0.1, -0.05) is 12.2 Å². The van der Waals surface area contributed by atoms with E-state index in [-0.39, 0.29) is 0 Å². The van der Waals surface area contributed by atoms with E-state index in [1.807, 2.05) is 13.0 Å². The molecular weight excluding hydrogens is 178 g/mol. The Kier molecular flexibility index (Phi) is 4.15. The van der Waals surface area contributed by atoms with Crippen LogP contribution in [0.5, 0.6) is 6.01 Å². The molecule has 0 aliphatic rings. The van der Waals surface area contributed by atoms with Crippen molar-refractivity contribution in [2.24, 2.45) is 0 Å². The number of allylic oxidation sites excluding steroid dienone is 1. The third kappa shape index (κ3) is 3.23. The summed E-state index contributed by atoms with van der Waals surface area (Å²) in [7, 11) is 0. The highest BCUT2D eigenvalue weighted by Gasteiger charge is 1.93. The molecule has 1 heterocycles. The minimum absolute atomic E-state index is 0.380. The second kappa shape index (κ2) is 5.70. The van der Waals surface area contributed by atoms with Gasteiger partial charge >= 0.3 is 6.01 Å². The van der Waals surface area contributed by atoms with Crippen LogP contribution in [0.15, 0.2) is 18.5 Å². The van der Waals surface area contributed by atoms with Gasteiger partial charge in [0.25, 0.3) is 0 Å². The number of ether oxygens (including phenoxy) is 1. The monoisotopic (exact) mass is 189 g/mol. The van der Waals surface area contributed by atoms with Crippen LogP contribution in [0.1, 0.15) is 18.9 Å². The first-order valence-corrected chi connectivity index (χ1v) is 4.35. The van der Waals surface area contributed by atoms with Crippen LogP contribution in [0.3, 0.4) is 0 Å². The molecule has 4 nitrogen and oxygen atoms in total. The molecule has 0 unspecified atom stereocenters. The molecule has 0 aliphatic carbocycles. The fraction of sp³-hybridized carbons (Fsp3) is 0.300. The zero-order chi connectivity index (χ0) is 10.2. The number of rotatable bonds is 4. The van der Waals surface area contributed by atoms with Gasteiger partial charge < -0.3 is 4.74 Å². The summed E-state index contributed by atoms with van der Waals surface area (Å²) in [5, 5.41) is 8.31. The lowest BCUT2D eigenvalue weighted by atomic mass is 10.3. The van der Waals surface area contributed by atoms with Gasteiger partial charge in [0, 0.05) is 18.0 Å². The van der Waals surface area contributed by atoms with E-state index in [1.165, 1.54) is 0 Å². The van der Waals surface area contributed by atoms with E-state index < -0.39 is 0 Å². The summed E-state index contributed by atoms with van der Waals surface area (Å²) >= 11 is 0. The Balaban J connectivity index is 2.60. The van der Waals surface area contributed by atoms with Crippen molar-refractivity contribution in [1.29, 1.82) is 5.26 Å². The number of nitrogens with zero attached hydrogens (tertiary/aromatic N) is 3. The van der Waals surface area contributed by atoms with Crippen molar-refractivity contribution >= 4 is 6.08 Å². The molecular formula is C10H11N3O. The molecule has 0 aromatic carbocycles. The highest BCUT2D eigenvalue weighted by atomic mass is 16.5. The number of hydrogen-bond donors (Lipinski definition) is 0. The van der Waals surface area contributed by atoms with Crippen LogP contribution in [0, 0.1) is 11.3 Å². The summed E-state index contributed by atoms with van der Waals surface area (Å²) in [5.74, 6) is 0. The molecule has 4 heteroatoms. The molecule has 0 bridgehead atoms. The standard InChI is InChI=1S/C10H11N3O/c1-2-14-10-12-7-9(8-13-10)5-3-4-6-11/h3,5,7-8H,2,4H2,1H3. The highest BCUT2D eigenvalue weighted by Crippen LogP contribution is 2.04. The molecule has 1 rings (SSSR count). The first kappa shape index (κ1) is 10.2. The maximum Gasteiger partial charge on any atom is 0.316 e. The quantitative estimate of drug-likeness (QED) is 0.724. The third-order valence-electron chi connectivity index (χ3n) is 1.44. The average Bonchev–Trinajstić information content (AvgIpc) is 2.21.